The Morgan fingerprint density at radius 2 is 1.70 bits per heavy atom. The van der Waals surface area contributed by atoms with E-state index >= 15 is 0 Å². The maximum atomic E-state index is 13.9. The molecular weight excluding hydrogens is 307 g/mol. The Balaban J connectivity index is 2.61. The number of nitrogens with two attached hydrogens (primary N) is 1. The van der Waals surface area contributed by atoms with Crippen molar-refractivity contribution in [2.75, 3.05) is 5.73 Å². The largest absolute Gasteiger partial charge is 0.396 e. The van der Waals surface area contributed by atoms with Gasteiger partial charge >= 0.3 is 0 Å². The monoisotopic (exact) mass is 315 g/mol. The standard InChI is InChI=1S/C14H9Cl2F2NO/c1-6-2-3-10(17)11(12(6)18)14(20)7-4-8(15)13(19)9(16)5-7/h2-5H,19H2,1H3. The Kier molecular flexibility index (Phi) is 3.97. The molecule has 2 aromatic rings. The normalized spacial score (nSPS) is 10.7. The molecule has 0 saturated carbocycles. The maximum Gasteiger partial charge on any atom is 0.199 e. The summed E-state index contributed by atoms with van der Waals surface area (Å²) in [6, 6.07) is 4.75. The topological polar surface area (TPSA) is 43.1 Å². The molecule has 0 aliphatic rings. The molecule has 6 heteroatoms. The number of nitrogen functional groups attached to an aromatic ring is 1. The zero-order valence-electron chi connectivity index (χ0n) is 10.3. The first-order valence-electron chi connectivity index (χ1n) is 5.56. The summed E-state index contributed by atoms with van der Waals surface area (Å²) in [6.07, 6.45) is 0. The van der Waals surface area contributed by atoms with Gasteiger partial charge in [-0.3, -0.25) is 4.79 Å². The highest BCUT2D eigenvalue weighted by atomic mass is 35.5. The van der Waals surface area contributed by atoms with Crippen molar-refractivity contribution in [2.24, 2.45) is 0 Å². The Morgan fingerprint density at radius 1 is 1.15 bits per heavy atom. The molecule has 0 unspecified atom stereocenters. The number of benzene rings is 2. The first-order valence-corrected chi connectivity index (χ1v) is 6.32. The summed E-state index contributed by atoms with van der Waals surface area (Å²) < 4.78 is 27.6. The molecule has 0 aromatic heterocycles. The second-order valence-corrected chi connectivity index (χ2v) is 5.05. The molecule has 2 aromatic carbocycles. The fourth-order valence-corrected chi connectivity index (χ4v) is 2.21. The third-order valence-corrected chi connectivity index (χ3v) is 3.48. The van der Waals surface area contributed by atoms with Crippen LogP contribution in [-0.4, -0.2) is 5.78 Å². The number of anilines is 1. The number of carbonyl (C=O) groups excluding carboxylic acids is 1. The molecule has 0 aliphatic carbocycles. The predicted molar refractivity (Wildman–Crippen MR) is 75.4 cm³/mol. The van der Waals surface area contributed by atoms with E-state index in [1.807, 2.05) is 0 Å². The summed E-state index contributed by atoms with van der Waals surface area (Å²) in [5, 5.41) is 0.101. The van der Waals surface area contributed by atoms with Crippen LogP contribution in [0.25, 0.3) is 0 Å². The lowest BCUT2D eigenvalue weighted by Gasteiger charge is -2.09. The molecule has 2 rings (SSSR count). The van der Waals surface area contributed by atoms with E-state index in [1.165, 1.54) is 25.1 Å². The summed E-state index contributed by atoms with van der Waals surface area (Å²) in [6.45, 7) is 1.44. The van der Waals surface area contributed by atoms with E-state index in [2.05, 4.69) is 0 Å². The van der Waals surface area contributed by atoms with Crippen LogP contribution in [-0.2, 0) is 0 Å². The first kappa shape index (κ1) is 14.8. The number of hydrogen-bond donors (Lipinski definition) is 1. The van der Waals surface area contributed by atoms with Gasteiger partial charge in [0.15, 0.2) is 5.78 Å². The Morgan fingerprint density at radius 3 is 2.25 bits per heavy atom. The number of aryl methyl sites for hydroxylation is 1. The van der Waals surface area contributed by atoms with Crippen LogP contribution < -0.4 is 5.73 Å². The third-order valence-electron chi connectivity index (χ3n) is 2.85. The van der Waals surface area contributed by atoms with Crippen molar-refractivity contribution in [3.8, 4) is 0 Å². The van der Waals surface area contributed by atoms with Gasteiger partial charge < -0.3 is 5.73 Å². The Bertz CT molecular complexity index is 694. The molecule has 0 amide bonds. The van der Waals surface area contributed by atoms with E-state index in [4.69, 9.17) is 28.9 Å². The summed E-state index contributed by atoms with van der Waals surface area (Å²) in [4.78, 5) is 12.2. The minimum Gasteiger partial charge on any atom is -0.396 e. The zero-order chi connectivity index (χ0) is 15.0. The smallest absolute Gasteiger partial charge is 0.199 e. The molecule has 0 heterocycles. The van der Waals surface area contributed by atoms with Crippen LogP contribution in [0.4, 0.5) is 14.5 Å². The summed E-state index contributed by atoms with van der Waals surface area (Å²) in [5.74, 6) is -2.69. The first-order chi connectivity index (χ1) is 9.32. The fourth-order valence-electron chi connectivity index (χ4n) is 1.72. The quantitative estimate of drug-likeness (QED) is 0.659. The highest BCUT2D eigenvalue weighted by molar-refractivity contribution is 6.39. The molecule has 0 spiro atoms. The minimum absolute atomic E-state index is 0.0300. The molecule has 0 atom stereocenters. The lowest BCUT2D eigenvalue weighted by atomic mass is 10.00. The van der Waals surface area contributed by atoms with Gasteiger partial charge in [-0.05, 0) is 30.7 Å². The molecule has 0 fully saturated rings. The number of halogens is 4. The van der Waals surface area contributed by atoms with E-state index in [1.54, 1.807) is 0 Å². The van der Waals surface area contributed by atoms with Crippen LogP contribution in [0.15, 0.2) is 24.3 Å². The molecule has 2 N–H and O–H groups in total. The van der Waals surface area contributed by atoms with Gasteiger partial charge in [-0.1, -0.05) is 29.3 Å². The van der Waals surface area contributed by atoms with Crippen molar-refractivity contribution in [1.29, 1.82) is 0 Å². The molecule has 2 nitrogen and oxygen atoms in total. The van der Waals surface area contributed by atoms with Gasteiger partial charge in [0.2, 0.25) is 0 Å². The van der Waals surface area contributed by atoms with Crippen LogP contribution in [0, 0.1) is 18.6 Å². The van der Waals surface area contributed by atoms with Gasteiger partial charge in [0.05, 0.1) is 21.3 Å². The van der Waals surface area contributed by atoms with Gasteiger partial charge in [-0.2, -0.15) is 0 Å². The number of carbonyl (C=O) groups is 1. The van der Waals surface area contributed by atoms with Gasteiger partial charge in [0, 0.05) is 5.56 Å². The maximum absolute atomic E-state index is 13.9. The van der Waals surface area contributed by atoms with Gasteiger partial charge in [0.1, 0.15) is 11.6 Å². The summed E-state index contributed by atoms with van der Waals surface area (Å²) in [7, 11) is 0. The van der Waals surface area contributed by atoms with E-state index in [9.17, 15) is 13.6 Å². The third kappa shape index (κ3) is 2.49. The van der Waals surface area contributed by atoms with Crippen LogP contribution in [0.2, 0.25) is 10.0 Å². The second-order valence-electron chi connectivity index (χ2n) is 4.24. The summed E-state index contributed by atoms with van der Waals surface area (Å²) in [5.41, 5.74) is 5.16. The highest BCUT2D eigenvalue weighted by Gasteiger charge is 2.21. The van der Waals surface area contributed by atoms with Crippen molar-refractivity contribution in [1.82, 2.24) is 0 Å². The second kappa shape index (κ2) is 5.38. The Hall–Kier alpha value is -1.65. The van der Waals surface area contributed by atoms with Crippen molar-refractivity contribution < 1.29 is 13.6 Å². The molecule has 104 valence electrons. The van der Waals surface area contributed by atoms with Crippen LogP contribution in [0.1, 0.15) is 21.5 Å². The van der Waals surface area contributed by atoms with Crippen molar-refractivity contribution in [3.05, 3.63) is 62.6 Å². The lowest BCUT2D eigenvalue weighted by Crippen LogP contribution is -2.09. The Labute approximate surface area is 124 Å². The molecule has 20 heavy (non-hydrogen) atoms. The van der Waals surface area contributed by atoms with E-state index in [0.717, 1.165) is 6.07 Å². The predicted octanol–water partition coefficient (Wildman–Crippen LogP) is 4.39. The molecule has 0 bridgehead atoms. The average Bonchev–Trinajstić information content (AvgIpc) is 2.40. The minimum atomic E-state index is -0.942. The fraction of sp³-hybridized carbons (Fsp3) is 0.0714. The van der Waals surface area contributed by atoms with Gasteiger partial charge in [0.25, 0.3) is 0 Å². The van der Waals surface area contributed by atoms with Crippen LogP contribution in [0.3, 0.4) is 0 Å². The van der Waals surface area contributed by atoms with Crippen LogP contribution in [0.5, 0.6) is 0 Å². The number of hydrogen-bond acceptors (Lipinski definition) is 2. The van der Waals surface area contributed by atoms with Crippen LogP contribution >= 0.6 is 23.2 Å². The molecular formula is C14H9Cl2F2NO. The van der Waals surface area contributed by atoms with E-state index in [-0.39, 0.29) is 26.9 Å². The van der Waals surface area contributed by atoms with Gasteiger partial charge in [-0.15, -0.1) is 0 Å². The number of ketones is 1. The van der Waals surface area contributed by atoms with Gasteiger partial charge in [-0.25, -0.2) is 8.78 Å². The molecule has 0 radical (unpaired) electrons. The lowest BCUT2D eigenvalue weighted by molar-refractivity contribution is 0.103. The highest BCUT2D eigenvalue weighted by Crippen LogP contribution is 2.30. The van der Waals surface area contributed by atoms with E-state index < -0.39 is 23.0 Å². The van der Waals surface area contributed by atoms with Crippen molar-refractivity contribution in [3.63, 3.8) is 0 Å². The summed E-state index contributed by atoms with van der Waals surface area (Å²) >= 11 is 11.6. The zero-order valence-corrected chi connectivity index (χ0v) is 11.8. The number of rotatable bonds is 2. The van der Waals surface area contributed by atoms with Crippen molar-refractivity contribution in [2.45, 2.75) is 6.92 Å². The van der Waals surface area contributed by atoms with Crippen molar-refractivity contribution >= 4 is 34.7 Å². The molecule has 0 aliphatic heterocycles. The SMILES string of the molecule is Cc1ccc(F)c(C(=O)c2cc(Cl)c(N)c(Cl)c2)c1F. The average molecular weight is 316 g/mol. The van der Waals surface area contributed by atoms with E-state index in [0.29, 0.717) is 0 Å². The molecule has 0 saturated heterocycles.